The number of carbonyl (C=O) groups excluding carboxylic acids is 1. The zero-order chi connectivity index (χ0) is 21.1. The fourth-order valence-corrected chi connectivity index (χ4v) is 4.73. The van der Waals surface area contributed by atoms with Crippen LogP contribution in [0.15, 0.2) is 28.2 Å². The summed E-state index contributed by atoms with van der Waals surface area (Å²) >= 11 is 0. The second kappa shape index (κ2) is 9.38. The molecule has 2 heterocycles. The summed E-state index contributed by atoms with van der Waals surface area (Å²) in [5.41, 5.74) is 1.27. The van der Waals surface area contributed by atoms with Gasteiger partial charge in [-0.3, -0.25) is 4.99 Å². The van der Waals surface area contributed by atoms with Crippen LogP contribution in [0.4, 0.5) is 4.39 Å². The summed E-state index contributed by atoms with van der Waals surface area (Å²) in [4.78, 5) is 22.3. The van der Waals surface area contributed by atoms with Gasteiger partial charge in [0.05, 0.1) is 19.8 Å². The molecule has 6 heteroatoms. The molecule has 1 saturated heterocycles. The Morgan fingerprint density at radius 2 is 2.10 bits per heavy atom. The number of nitrogens with zero attached hydrogens (tertiary/aromatic N) is 3. The Bertz CT molecular complexity index is 828. The van der Waals surface area contributed by atoms with E-state index in [2.05, 4.69) is 23.7 Å². The maximum atomic E-state index is 13.9. The number of halogens is 1. The summed E-state index contributed by atoms with van der Waals surface area (Å²) in [6.07, 6.45) is 4.54. The Morgan fingerprint density at radius 1 is 1.30 bits per heavy atom. The Hall–Kier alpha value is -2.08. The molecule has 5 nitrogen and oxygen atoms in total. The molecule has 0 radical (unpaired) electrons. The Morgan fingerprint density at radius 3 is 2.77 bits per heavy atom. The molecule has 2 aliphatic heterocycles. The number of likely N-dealkylation sites (tertiary alicyclic amines) is 1. The molecule has 2 atom stereocenters. The third-order valence-corrected chi connectivity index (χ3v) is 6.65. The largest absolute Gasteiger partial charge is 0.376 e. The second-order valence-corrected chi connectivity index (χ2v) is 9.15. The molecule has 0 bridgehead atoms. The van der Waals surface area contributed by atoms with E-state index in [4.69, 9.17) is 9.73 Å². The van der Waals surface area contributed by atoms with E-state index in [-0.39, 0.29) is 12.2 Å². The van der Waals surface area contributed by atoms with E-state index < -0.39 is 0 Å². The number of aliphatic imine (C=N–C) groups is 2. The van der Waals surface area contributed by atoms with Gasteiger partial charge in [0.2, 0.25) is 0 Å². The highest BCUT2D eigenvalue weighted by Gasteiger charge is 2.43. The molecule has 30 heavy (non-hydrogen) atoms. The van der Waals surface area contributed by atoms with Crippen LogP contribution in [-0.2, 0) is 22.6 Å². The van der Waals surface area contributed by atoms with Gasteiger partial charge in [-0.2, -0.15) is 0 Å². The van der Waals surface area contributed by atoms with E-state index in [0.29, 0.717) is 24.0 Å². The van der Waals surface area contributed by atoms with Gasteiger partial charge in [-0.15, -0.1) is 0 Å². The van der Waals surface area contributed by atoms with Crippen molar-refractivity contribution in [3.8, 4) is 0 Å². The topological polar surface area (TPSA) is 54.3 Å². The van der Waals surface area contributed by atoms with Gasteiger partial charge < -0.3 is 14.4 Å². The third kappa shape index (κ3) is 4.97. The first kappa shape index (κ1) is 21.2. The van der Waals surface area contributed by atoms with E-state index in [1.165, 1.54) is 25.3 Å². The zero-order valence-electron chi connectivity index (χ0n) is 18.0. The third-order valence-electron chi connectivity index (χ3n) is 6.65. The minimum atomic E-state index is -0.322. The van der Waals surface area contributed by atoms with Crippen molar-refractivity contribution in [2.75, 3.05) is 26.2 Å². The second-order valence-electron chi connectivity index (χ2n) is 9.15. The van der Waals surface area contributed by atoms with Crippen molar-refractivity contribution in [1.82, 2.24) is 4.90 Å². The molecule has 0 amide bonds. The number of carbonyl (C=O) groups is 1. The first-order valence-corrected chi connectivity index (χ1v) is 11.2. The lowest BCUT2D eigenvalue weighted by molar-refractivity contribution is -0.107. The van der Waals surface area contributed by atoms with Crippen molar-refractivity contribution in [3.05, 3.63) is 35.1 Å². The minimum absolute atomic E-state index is 0.120. The van der Waals surface area contributed by atoms with Gasteiger partial charge in [-0.05, 0) is 54.2 Å². The van der Waals surface area contributed by atoms with Crippen LogP contribution in [0.25, 0.3) is 0 Å². The summed E-state index contributed by atoms with van der Waals surface area (Å²) < 4.78 is 19.8. The summed E-state index contributed by atoms with van der Waals surface area (Å²) in [5, 5.41) is 0. The van der Waals surface area contributed by atoms with Crippen molar-refractivity contribution < 1.29 is 13.9 Å². The van der Waals surface area contributed by atoms with E-state index >= 15 is 0 Å². The highest BCUT2D eigenvalue weighted by atomic mass is 19.1. The van der Waals surface area contributed by atoms with Crippen LogP contribution in [0.3, 0.4) is 0 Å². The van der Waals surface area contributed by atoms with Gasteiger partial charge in [0.1, 0.15) is 23.8 Å². The van der Waals surface area contributed by atoms with E-state index in [9.17, 15) is 9.18 Å². The van der Waals surface area contributed by atoms with Crippen molar-refractivity contribution in [1.29, 1.82) is 0 Å². The Kier molecular flexibility index (Phi) is 6.61. The molecule has 2 fully saturated rings. The molecule has 4 rings (SSSR count). The van der Waals surface area contributed by atoms with Crippen LogP contribution in [0.2, 0.25) is 0 Å². The number of amidine groups is 2. The lowest BCUT2D eigenvalue weighted by atomic mass is 9.91. The monoisotopic (exact) mass is 413 g/mol. The number of ether oxygens (including phenoxy) is 1. The van der Waals surface area contributed by atoms with Crippen molar-refractivity contribution in [2.24, 2.45) is 33.7 Å². The fourth-order valence-electron chi connectivity index (χ4n) is 4.73. The zero-order valence-corrected chi connectivity index (χ0v) is 18.0. The average molecular weight is 414 g/mol. The van der Waals surface area contributed by atoms with Crippen LogP contribution >= 0.6 is 0 Å². The first-order chi connectivity index (χ1) is 14.5. The molecular formula is C24H32FN3O2. The van der Waals surface area contributed by atoms with Crippen LogP contribution in [0, 0.1) is 29.5 Å². The first-order valence-electron chi connectivity index (χ1n) is 11.2. The molecule has 2 unspecified atom stereocenters. The number of piperidine rings is 1. The standard InChI is InChI=1S/C24H32FN3O2/c1-16(2)24-26-13-23(27-24)28-8-5-18(6-9-28)21-12-20(21)15-30-14-17-3-4-19(7-10-29)22(25)11-17/h3-4,10-11,16,18,20-21H,5-9,12-15H2,1-2H3. The van der Waals surface area contributed by atoms with Gasteiger partial charge >= 0.3 is 0 Å². The summed E-state index contributed by atoms with van der Waals surface area (Å²) in [6.45, 7) is 8.38. The smallest absolute Gasteiger partial charge is 0.128 e. The molecule has 1 saturated carbocycles. The van der Waals surface area contributed by atoms with Crippen molar-refractivity contribution in [2.45, 2.75) is 46.1 Å². The van der Waals surface area contributed by atoms with Crippen LogP contribution in [0.1, 0.15) is 44.2 Å². The number of benzene rings is 1. The average Bonchev–Trinajstić information content (AvgIpc) is 3.33. The summed E-state index contributed by atoms with van der Waals surface area (Å²) in [7, 11) is 0. The minimum Gasteiger partial charge on any atom is -0.376 e. The molecule has 162 valence electrons. The maximum Gasteiger partial charge on any atom is 0.128 e. The van der Waals surface area contributed by atoms with Crippen LogP contribution < -0.4 is 0 Å². The Balaban J connectivity index is 1.16. The van der Waals surface area contributed by atoms with Crippen molar-refractivity contribution in [3.63, 3.8) is 0 Å². The normalized spacial score (nSPS) is 24.2. The Labute approximate surface area is 178 Å². The van der Waals surface area contributed by atoms with Crippen LogP contribution in [0.5, 0.6) is 0 Å². The van der Waals surface area contributed by atoms with Crippen LogP contribution in [-0.4, -0.2) is 49.1 Å². The molecule has 1 aromatic carbocycles. The maximum absolute atomic E-state index is 13.9. The van der Waals surface area contributed by atoms with E-state index in [1.807, 2.05) is 6.07 Å². The molecule has 0 aromatic heterocycles. The number of hydrogen-bond donors (Lipinski definition) is 0. The number of aldehydes is 1. The van der Waals surface area contributed by atoms with Gasteiger partial charge in [-0.25, -0.2) is 9.38 Å². The van der Waals surface area contributed by atoms with Gasteiger partial charge in [-0.1, -0.05) is 26.0 Å². The quantitative estimate of drug-likeness (QED) is 0.608. The molecule has 1 aliphatic carbocycles. The predicted molar refractivity (Wildman–Crippen MR) is 116 cm³/mol. The number of hydrogen-bond acceptors (Lipinski definition) is 5. The summed E-state index contributed by atoms with van der Waals surface area (Å²) in [5.74, 6) is 4.41. The number of rotatable bonds is 8. The molecule has 0 N–H and O–H groups in total. The van der Waals surface area contributed by atoms with E-state index in [0.717, 1.165) is 61.6 Å². The lowest BCUT2D eigenvalue weighted by Crippen LogP contribution is -2.39. The van der Waals surface area contributed by atoms with Crippen molar-refractivity contribution >= 4 is 18.0 Å². The van der Waals surface area contributed by atoms with Gasteiger partial charge in [0.15, 0.2) is 0 Å². The fraction of sp³-hybridized carbons (Fsp3) is 0.625. The predicted octanol–water partition coefficient (Wildman–Crippen LogP) is 3.90. The SMILES string of the molecule is CC(C)C1=NCC(N2CCC(C3CC3COCc3ccc(CC=O)c(F)c3)CC2)=N1. The lowest BCUT2D eigenvalue weighted by Gasteiger charge is -2.33. The highest BCUT2D eigenvalue weighted by Crippen LogP contribution is 2.48. The highest BCUT2D eigenvalue weighted by molar-refractivity contribution is 6.03. The molecule has 0 spiro atoms. The molecule has 3 aliphatic rings. The molecular weight excluding hydrogens is 381 g/mol. The van der Waals surface area contributed by atoms with Gasteiger partial charge in [0.25, 0.3) is 0 Å². The van der Waals surface area contributed by atoms with Gasteiger partial charge in [0, 0.05) is 25.4 Å². The summed E-state index contributed by atoms with van der Waals surface area (Å²) in [6, 6.07) is 5.02. The molecule has 1 aromatic rings. The van der Waals surface area contributed by atoms with E-state index in [1.54, 1.807) is 6.07 Å².